The zero-order valence-electron chi connectivity index (χ0n) is 19.5. The number of nitro groups is 1. The molecule has 1 aromatic heterocycles. The number of rotatable bonds is 11. The van der Waals surface area contributed by atoms with Crippen molar-refractivity contribution in [2.45, 2.75) is 39.0 Å². The number of ether oxygens (including phenoxy) is 3. The molecule has 2 aromatic rings. The van der Waals surface area contributed by atoms with Crippen molar-refractivity contribution in [2.75, 3.05) is 39.3 Å². The Bertz CT molecular complexity index is 1070. The van der Waals surface area contributed by atoms with Gasteiger partial charge in [-0.25, -0.2) is 0 Å². The number of nitrogens with zero attached hydrogens (tertiary/aromatic N) is 1. The summed E-state index contributed by atoms with van der Waals surface area (Å²) in [4.78, 5) is 38.4. The van der Waals surface area contributed by atoms with Crippen LogP contribution < -0.4 is 20.1 Å². The van der Waals surface area contributed by atoms with Crippen molar-refractivity contribution in [2.24, 2.45) is 0 Å². The standard InChI is InChI=1S/C23H29N3O7S/c1-4-33-18-12-15(16(26(29)30)13-17(18)32-3)21(27)25-23-20(22(28)24-10-7-11-31-2)14-8-5-6-9-19(14)34-23/h12-13H,4-11H2,1-3H3,(H,24,28)(H,25,27). The summed E-state index contributed by atoms with van der Waals surface area (Å²) in [7, 11) is 2.97. The Kier molecular flexibility index (Phi) is 8.83. The molecule has 34 heavy (non-hydrogen) atoms. The molecule has 0 saturated heterocycles. The first-order valence-corrected chi connectivity index (χ1v) is 11.9. The maximum atomic E-state index is 13.2. The number of aryl methyl sites for hydroxylation is 1. The molecular weight excluding hydrogens is 462 g/mol. The van der Waals surface area contributed by atoms with Gasteiger partial charge >= 0.3 is 0 Å². The zero-order chi connectivity index (χ0) is 24.7. The summed E-state index contributed by atoms with van der Waals surface area (Å²) < 4.78 is 15.7. The Hall–Kier alpha value is -3.18. The molecule has 1 aromatic carbocycles. The summed E-state index contributed by atoms with van der Waals surface area (Å²) in [6, 6.07) is 2.47. The Labute approximate surface area is 201 Å². The lowest BCUT2D eigenvalue weighted by atomic mass is 9.95. The Morgan fingerprint density at radius 2 is 1.91 bits per heavy atom. The van der Waals surface area contributed by atoms with Crippen LogP contribution in [0.4, 0.5) is 10.7 Å². The van der Waals surface area contributed by atoms with Crippen LogP contribution in [0.25, 0.3) is 0 Å². The number of anilines is 1. The van der Waals surface area contributed by atoms with Crippen LogP contribution in [0.3, 0.4) is 0 Å². The van der Waals surface area contributed by atoms with Crippen LogP contribution in [0.2, 0.25) is 0 Å². The van der Waals surface area contributed by atoms with E-state index in [1.54, 1.807) is 14.0 Å². The Morgan fingerprint density at radius 1 is 1.15 bits per heavy atom. The minimum Gasteiger partial charge on any atom is -0.493 e. The molecule has 11 heteroatoms. The summed E-state index contributed by atoms with van der Waals surface area (Å²) in [5, 5.41) is 17.7. The molecule has 1 aliphatic carbocycles. The number of hydrogen-bond donors (Lipinski definition) is 2. The SMILES string of the molecule is CCOc1cc(C(=O)Nc2sc3c(c2C(=O)NCCCOC)CCCC3)c([N+](=O)[O-])cc1OC. The molecule has 0 radical (unpaired) electrons. The van der Waals surface area contributed by atoms with Gasteiger partial charge in [-0.1, -0.05) is 0 Å². The average molecular weight is 492 g/mol. The predicted molar refractivity (Wildman–Crippen MR) is 129 cm³/mol. The highest BCUT2D eigenvalue weighted by molar-refractivity contribution is 7.17. The maximum Gasteiger partial charge on any atom is 0.286 e. The second-order valence-corrected chi connectivity index (χ2v) is 8.79. The molecule has 184 valence electrons. The van der Waals surface area contributed by atoms with E-state index in [0.29, 0.717) is 36.7 Å². The fraction of sp³-hybridized carbons (Fsp3) is 0.478. The van der Waals surface area contributed by atoms with Crippen molar-refractivity contribution in [3.05, 3.63) is 43.8 Å². The quantitative estimate of drug-likeness (QED) is 0.276. The number of thiophene rings is 1. The highest BCUT2D eigenvalue weighted by Crippen LogP contribution is 2.40. The number of nitrogens with one attached hydrogen (secondary N) is 2. The smallest absolute Gasteiger partial charge is 0.286 e. The van der Waals surface area contributed by atoms with Crippen molar-refractivity contribution in [3.8, 4) is 11.5 Å². The van der Waals surface area contributed by atoms with Gasteiger partial charge in [-0.2, -0.15) is 0 Å². The number of methoxy groups -OCH3 is 2. The Balaban J connectivity index is 1.95. The normalized spacial score (nSPS) is 12.6. The largest absolute Gasteiger partial charge is 0.493 e. The van der Waals surface area contributed by atoms with Crippen LogP contribution in [0.5, 0.6) is 11.5 Å². The van der Waals surface area contributed by atoms with Crippen molar-refractivity contribution >= 4 is 33.8 Å². The van der Waals surface area contributed by atoms with E-state index in [9.17, 15) is 19.7 Å². The van der Waals surface area contributed by atoms with Crippen molar-refractivity contribution in [1.29, 1.82) is 0 Å². The van der Waals surface area contributed by atoms with E-state index in [1.807, 2.05) is 0 Å². The lowest BCUT2D eigenvalue weighted by Crippen LogP contribution is -2.27. The van der Waals surface area contributed by atoms with E-state index in [0.717, 1.165) is 36.1 Å². The highest BCUT2D eigenvalue weighted by Gasteiger charge is 2.29. The van der Waals surface area contributed by atoms with Gasteiger partial charge in [-0.15, -0.1) is 11.3 Å². The molecule has 0 spiro atoms. The van der Waals surface area contributed by atoms with Gasteiger partial charge in [0.15, 0.2) is 11.5 Å². The monoisotopic (exact) mass is 491 g/mol. The van der Waals surface area contributed by atoms with Gasteiger partial charge < -0.3 is 24.8 Å². The first-order valence-electron chi connectivity index (χ1n) is 11.1. The average Bonchev–Trinajstić information content (AvgIpc) is 3.19. The minimum absolute atomic E-state index is 0.160. The maximum absolute atomic E-state index is 13.2. The summed E-state index contributed by atoms with van der Waals surface area (Å²) in [6.45, 7) is 3.01. The van der Waals surface area contributed by atoms with Crippen LogP contribution in [-0.4, -0.2) is 50.7 Å². The van der Waals surface area contributed by atoms with E-state index in [2.05, 4.69) is 10.6 Å². The molecular formula is C23H29N3O7S. The van der Waals surface area contributed by atoms with Gasteiger partial charge in [0.25, 0.3) is 17.5 Å². The third-order valence-electron chi connectivity index (χ3n) is 5.46. The van der Waals surface area contributed by atoms with Gasteiger partial charge in [0.2, 0.25) is 0 Å². The van der Waals surface area contributed by atoms with Gasteiger partial charge in [0.1, 0.15) is 10.6 Å². The molecule has 0 aliphatic heterocycles. The van der Waals surface area contributed by atoms with Crippen LogP contribution in [0.1, 0.15) is 57.3 Å². The molecule has 0 atom stereocenters. The van der Waals surface area contributed by atoms with Gasteiger partial charge in [0.05, 0.1) is 30.3 Å². The minimum atomic E-state index is -0.692. The highest BCUT2D eigenvalue weighted by atomic mass is 32.1. The second-order valence-electron chi connectivity index (χ2n) is 7.68. The number of fused-ring (bicyclic) bond motifs is 1. The zero-order valence-corrected chi connectivity index (χ0v) is 20.3. The van der Waals surface area contributed by atoms with Gasteiger partial charge in [-0.3, -0.25) is 19.7 Å². The van der Waals surface area contributed by atoms with E-state index in [-0.39, 0.29) is 23.0 Å². The fourth-order valence-electron chi connectivity index (χ4n) is 3.88. The number of amides is 2. The molecule has 0 bridgehead atoms. The molecule has 2 N–H and O–H groups in total. The lowest BCUT2D eigenvalue weighted by Gasteiger charge is -2.14. The first-order chi connectivity index (χ1) is 16.4. The van der Waals surface area contributed by atoms with Crippen molar-refractivity contribution < 1.29 is 28.7 Å². The van der Waals surface area contributed by atoms with E-state index >= 15 is 0 Å². The third kappa shape index (κ3) is 5.65. The molecule has 2 amide bonds. The summed E-state index contributed by atoms with van der Waals surface area (Å²) >= 11 is 1.35. The second kappa shape index (κ2) is 11.8. The molecule has 0 unspecified atom stereocenters. The molecule has 10 nitrogen and oxygen atoms in total. The third-order valence-corrected chi connectivity index (χ3v) is 6.67. The topological polar surface area (TPSA) is 129 Å². The van der Waals surface area contributed by atoms with Crippen LogP contribution in [-0.2, 0) is 17.6 Å². The molecule has 0 saturated carbocycles. The number of carbonyl (C=O) groups excluding carboxylic acids is 2. The van der Waals surface area contributed by atoms with E-state index < -0.39 is 16.5 Å². The first kappa shape index (κ1) is 25.4. The summed E-state index contributed by atoms with van der Waals surface area (Å²) in [5.41, 5.74) is 0.790. The number of nitro benzene ring substituents is 1. The lowest BCUT2D eigenvalue weighted by molar-refractivity contribution is -0.385. The van der Waals surface area contributed by atoms with Crippen LogP contribution in [0, 0.1) is 10.1 Å². The molecule has 1 aliphatic rings. The van der Waals surface area contributed by atoms with Gasteiger partial charge in [0, 0.05) is 31.2 Å². The predicted octanol–water partition coefficient (Wildman–Crippen LogP) is 3.96. The number of benzene rings is 1. The van der Waals surface area contributed by atoms with E-state index in [4.69, 9.17) is 14.2 Å². The molecule has 0 fully saturated rings. The van der Waals surface area contributed by atoms with E-state index in [1.165, 1.54) is 30.6 Å². The van der Waals surface area contributed by atoms with Crippen molar-refractivity contribution in [1.82, 2.24) is 5.32 Å². The van der Waals surface area contributed by atoms with Gasteiger partial charge in [-0.05, 0) is 44.6 Å². The molecule has 3 rings (SSSR count). The fourth-order valence-corrected chi connectivity index (χ4v) is 5.16. The van der Waals surface area contributed by atoms with Crippen molar-refractivity contribution in [3.63, 3.8) is 0 Å². The van der Waals surface area contributed by atoms with Crippen LogP contribution >= 0.6 is 11.3 Å². The molecule has 1 heterocycles. The number of carbonyl (C=O) groups is 2. The van der Waals surface area contributed by atoms with Crippen LogP contribution in [0.15, 0.2) is 12.1 Å². The Morgan fingerprint density at radius 3 is 2.59 bits per heavy atom. The summed E-state index contributed by atoms with van der Waals surface area (Å²) in [6.07, 6.45) is 4.21. The summed E-state index contributed by atoms with van der Waals surface area (Å²) in [5.74, 6) is -0.581. The number of hydrogen-bond acceptors (Lipinski definition) is 8.